The maximum Gasteiger partial charge on any atom is 0.317 e. The monoisotopic (exact) mass is 432 g/mol. The van der Waals surface area contributed by atoms with E-state index in [9.17, 15) is 4.79 Å². The number of rotatable bonds is 4. The zero-order valence-electron chi connectivity index (χ0n) is 16.3. The Kier molecular flexibility index (Phi) is 5.04. The number of nitrogens with one attached hydrogen (secondary N) is 1. The van der Waals surface area contributed by atoms with E-state index in [1.807, 2.05) is 37.3 Å². The van der Waals surface area contributed by atoms with Crippen LogP contribution in [0.4, 0.5) is 5.69 Å². The number of carbonyl (C=O) groups excluding carboxylic acids is 1. The zero-order chi connectivity index (χ0) is 20.8. The molecule has 1 saturated heterocycles. The first-order valence-electron chi connectivity index (χ1n) is 9.29. The molecule has 2 bridgehead atoms. The van der Waals surface area contributed by atoms with Gasteiger partial charge in [-0.2, -0.15) is 0 Å². The number of anilines is 1. The topological polar surface area (TPSA) is 60.0 Å². The number of esters is 1. The Bertz CT molecular complexity index is 985. The van der Waals surface area contributed by atoms with Gasteiger partial charge in [-0.1, -0.05) is 29.8 Å². The molecule has 4 rings (SSSR count). The lowest BCUT2D eigenvalue weighted by atomic mass is 9.79. The van der Waals surface area contributed by atoms with Crippen molar-refractivity contribution in [1.82, 2.24) is 5.32 Å². The second kappa shape index (κ2) is 7.39. The van der Waals surface area contributed by atoms with Crippen LogP contribution in [0.15, 0.2) is 42.5 Å². The van der Waals surface area contributed by atoms with Crippen molar-refractivity contribution in [2.24, 2.45) is 5.92 Å². The molecule has 0 radical (unpaired) electrons. The van der Waals surface area contributed by atoms with Gasteiger partial charge in [0.2, 0.25) is 5.72 Å². The van der Waals surface area contributed by atoms with Crippen LogP contribution in [0.5, 0.6) is 11.5 Å². The Labute approximate surface area is 179 Å². The Morgan fingerprint density at radius 1 is 1.34 bits per heavy atom. The van der Waals surface area contributed by atoms with Gasteiger partial charge in [-0.15, -0.1) is 0 Å². The quantitative estimate of drug-likeness (QED) is 0.577. The predicted octanol–water partition coefficient (Wildman–Crippen LogP) is 4.07. The summed E-state index contributed by atoms with van der Waals surface area (Å²) in [5.41, 5.74) is 0.363. The summed E-state index contributed by atoms with van der Waals surface area (Å²) in [4.78, 5) is 14.8. The molecular formula is C21H21ClN2O4S. The molecule has 3 atom stereocenters. The molecule has 1 fully saturated rings. The summed E-state index contributed by atoms with van der Waals surface area (Å²) in [5, 5.41) is 4.31. The molecule has 1 N–H and O–H groups in total. The van der Waals surface area contributed by atoms with Gasteiger partial charge in [-0.3, -0.25) is 9.69 Å². The predicted molar refractivity (Wildman–Crippen MR) is 115 cm³/mol. The SMILES string of the molecule is CCOC(=O)[C@@H]1[C@H]2NC(=S)N(c3cccc(Cl)c3)[C@@]1(C)Oc1c(OC)cccc12. The van der Waals surface area contributed by atoms with Gasteiger partial charge in [-0.25, -0.2) is 0 Å². The van der Waals surface area contributed by atoms with Crippen molar-refractivity contribution < 1.29 is 19.0 Å². The third kappa shape index (κ3) is 3.09. The highest BCUT2D eigenvalue weighted by Gasteiger charge is 2.60. The smallest absolute Gasteiger partial charge is 0.317 e. The van der Waals surface area contributed by atoms with Gasteiger partial charge in [0.15, 0.2) is 16.6 Å². The summed E-state index contributed by atoms with van der Waals surface area (Å²) in [7, 11) is 1.58. The maximum atomic E-state index is 13.1. The number of carbonyl (C=O) groups is 1. The van der Waals surface area contributed by atoms with Crippen LogP contribution < -0.4 is 19.7 Å². The first-order chi connectivity index (χ1) is 13.9. The van der Waals surface area contributed by atoms with Gasteiger partial charge < -0.3 is 19.5 Å². The molecule has 2 aromatic rings. The van der Waals surface area contributed by atoms with Crippen molar-refractivity contribution in [3.63, 3.8) is 0 Å². The third-order valence-electron chi connectivity index (χ3n) is 5.32. The Hall–Kier alpha value is -2.51. The van der Waals surface area contributed by atoms with Crippen LogP contribution >= 0.6 is 23.8 Å². The fraction of sp³-hybridized carbons (Fsp3) is 0.333. The summed E-state index contributed by atoms with van der Waals surface area (Å²) in [6.07, 6.45) is 0. The van der Waals surface area contributed by atoms with Crippen molar-refractivity contribution in [3.8, 4) is 11.5 Å². The van der Waals surface area contributed by atoms with Gasteiger partial charge in [0.25, 0.3) is 0 Å². The minimum Gasteiger partial charge on any atom is -0.493 e. The molecule has 0 spiro atoms. The molecule has 152 valence electrons. The second-order valence-corrected chi connectivity index (χ2v) is 7.83. The van der Waals surface area contributed by atoms with E-state index in [2.05, 4.69) is 5.32 Å². The Morgan fingerprint density at radius 2 is 2.10 bits per heavy atom. The summed E-state index contributed by atoms with van der Waals surface area (Å²) in [6.45, 7) is 3.89. The highest BCUT2D eigenvalue weighted by molar-refractivity contribution is 7.80. The second-order valence-electron chi connectivity index (χ2n) is 7.01. The number of para-hydroxylation sites is 1. The van der Waals surface area contributed by atoms with Crippen LogP contribution in [0.3, 0.4) is 0 Å². The number of halogens is 1. The first-order valence-corrected chi connectivity index (χ1v) is 10.1. The molecule has 0 amide bonds. The van der Waals surface area contributed by atoms with Crippen LogP contribution in [0.2, 0.25) is 5.02 Å². The normalized spacial score (nSPS) is 24.8. The summed E-state index contributed by atoms with van der Waals surface area (Å²) in [6, 6.07) is 12.4. The van der Waals surface area contributed by atoms with E-state index in [0.717, 1.165) is 5.56 Å². The third-order valence-corrected chi connectivity index (χ3v) is 5.85. The number of fused-ring (bicyclic) bond motifs is 4. The molecule has 0 saturated carbocycles. The van der Waals surface area contributed by atoms with E-state index in [1.165, 1.54) is 0 Å². The minimum absolute atomic E-state index is 0.269. The van der Waals surface area contributed by atoms with Crippen molar-refractivity contribution >= 4 is 40.6 Å². The fourth-order valence-electron chi connectivity index (χ4n) is 4.13. The zero-order valence-corrected chi connectivity index (χ0v) is 17.8. The molecule has 2 heterocycles. The fourth-order valence-corrected chi connectivity index (χ4v) is 4.73. The molecule has 0 unspecified atom stereocenters. The van der Waals surface area contributed by atoms with Crippen molar-refractivity contribution in [1.29, 1.82) is 0 Å². The Balaban J connectivity index is 1.92. The van der Waals surface area contributed by atoms with Crippen molar-refractivity contribution in [2.45, 2.75) is 25.6 Å². The molecule has 2 aliphatic heterocycles. The number of nitrogens with zero attached hydrogens (tertiary/aromatic N) is 1. The van der Waals surface area contributed by atoms with E-state index >= 15 is 0 Å². The number of hydrogen-bond acceptors (Lipinski definition) is 5. The molecular weight excluding hydrogens is 412 g/mol. The largest absolute Gasteiger partial charge is 0.493 e. The average molecular weight is 433 g/mol. The number of methoxy groups -OCH3 is 1. The van der Waals surface area contributed by atoms with E-state index in [4.69, 9.17) is 38.0 Å². The Morgan fingerprint density at radius 3 is 2.79 bits per heavy atom. The number of ether oxygens (including phenoxy) is 3. The molecule has 0 aromatic heterocycles. The van der Waals surface area contributed by atoms with Crippen LogP contribution in [0.25, 0.3) is 0 Å². The molecule has 8 heteroatoms. The van der Waals surface area contributed by atoms with Gasteiger partial charge in [0.05, 0.1) is 19.8 Å². The molecule has 2 aliphatic rings. The lowest BCUT2D eigenvalue weighted by Gasteiger charge is -2.55. The maximum absolute atomic E-state index is 13.1. The van der Waals surface area contributed by atoms with Gasteiger partial charge in [0, 0.05) is 16.3 Å². The van der Waals surface area contributed by atoms with E-state index < -0.39 is 17.7 Å². The van der Waals surface area contributed by atoms with E-state index in [-0.39, 0.29) is 12.6 Å². The highest BCUT2D eigenvalue weighted by atomic mass is 35.5. The lowest BCUT2D eigenvalue weighted by molar-refractivity contribution is -0.159. The summed E-state index contributed by atoms with van der Waals surface area (Å²) < 4.78 is 17.4. The van der Waals surface area contributed by atoms with Gasteiger partial charge in [0.1, 0.15) is 5.92 Å². The first kappa shape index (κ1) is 19.8. The van der Waals surface area contributed by atoms with Crippen LogP contribution in [-0.4, -0.2) is 30.5 Å². The van der Waals surface area contributed by atoms with Crippen LogP contribution in [0, 0.1) is 5.92 Å². The van der Waals surface area contributed by atoms with E-state index in [1.54, 1.807) is 31.1 Å². The molecule has 6 nitrogen and oxygen atoms in total. The molecule has 29 heavy (non-hydrogen) atoms. The number of thiocarbonyl (C=S) groups is 1. The van der Waals surface area contributed by atoms with Gasteiger partial charge in [-0.05, 0) is 50.3 Å². The molecule has 0 aliphatic carbocycles. The standard InChI is InChI=1S/C21H21ClN2O4S/c1-4-27-19(25)16-17-14-9-6-10-15(26-3)18(14)28-21(16,2)24(20(29)23-17)13-8-5-7-12(22)11-13/h5-11,16-17H,4H2,1-3H3,(H,23,29)/t16-,17-,21-/m0/s1. The molecule has 2 aromatic carbocycles. The average Bonchev–Trinajstić information content (AvgIpc) is 2.67. The summed E-state index contributed by atoms with van der Waals surface area (Å²) >= 11 is 11.9. The van der Waals surface area contributed by atoms with Crippen molar-refractivity contribution in [3.05, 3.63) is 53.1 Å². The van der Waals surface area contributed by atoms with Crippen LogP contribution in [-0.2, 0) is 9.53 Å². The highest BCUT2D eigenvalue weighted by Crippen LogP contribution is 2.52. The number of hydrogen-bond donors (Lipinski definition) is 1. The minimum atomic E-state index is -1.15. The summed E-state index contributed by atoms with van der Waals surface area (Å²) in [5.74, 6) is 0.120. The van der Waals surface area contributed by atoms with Crippen molar-refractivity contribution in [2.75, 3.05) is 18.6 Å². The number of benzene rings is 2. The van der Waals surface area contributed by atoms with Crippen LogP contribution in [0.1, 0.15) is 25.5 Å². The lowest BCUT2D eigenvalue weighted by Crippen LogP contribution is -2.71. The van der Waals surface area contributed by atoms with E-state index in [0.29, 0.717) is 27.3 Å². The van der Waals surface area contributed by atoms with Gasteiger partial charge >= 0.3 is 5.97 Å².